The Balaban J connectivity index is 1.64. The van der Waals surface area contributed by atoms with E-state index in [1.165, 1.54) is 0 Å². The average Bonchev–Trinajstić information content (AvgIpc) is 2.63. The van der Waals surface area contributed by atoms with Gasteiger partial charge >= 0.3 is 0 Å². The first-order valence-corrected chi connectivity index (χ1v) is 8.27. The zero-order chi connectivity index (χ0) is 16.9. The summed E-state index contributed by atoms with van der Waals surface area (Å²) in [4.78, 5) is 30.7. The van der Waals surface area contributed by atoms with Crippen molar-refractivity contribution in [1.82, 2.24) is 9.88 Å². The Bertz CT molecular complexity index is 719. The van der Waals surface area contributed by atoms with Crippen LogP contribution in [0.5, 0.6) is 0 Å². The second kappa shape index (κ2) is 7.45. The van der Waals surface area contributed by atoms with Gasteiger partial charge in [-0.3, -0.25) is 14.6 Å². The third-order valence-corrected chi connectivity index (χ3v) is 4.37. The van der Waals surface area contributed by atoms with Crippen LogP contribution in [0.4, 0.5) is 5.69 Å². The minimum Gasteiger partial charge on any atom is -0.338 e. The second-order valence-electron chi connectivity index (χ2n) is 5.82. The van der Waals surface area contributed by atoms with Gasteiger partial charge in [0.1, 0.15) is 0 Å². The van der Waals surface area contributed by atoms with Crippen molar-refractivity contribution in [3.63, 3.8) is 0 Å². The summed E-state index contributed by atoms with van der Waals surface area (Å²) >= 11 is 5.86. The van der Waals surface area contributed by atoms with Gasteiger partial charge in [-0.05, 0) is 49.2 Å². The lowest BCUT2D eigenvalue weighted by atomic mass is 9.96. The van der Waals surface area contributed by atoms with Gasteiger partial charge in [-0.2, -0.15) is 0 Å². The molecule has 1 aromatic carbocycles. The van der Waals surface area contributed by atoms with Crippen LogP contribution in [-0.4, -0.2) is 34.8 Å². The lowest BCUT2D eigenvalue weighted by Gasteiger charge is -2.32. The molecule has 0 radical (unpaired) electrons. The summed E-state index contributed by atoms with van der Waals surface area (Å²) in [5.74, 6) is -0.328. The highest BCUT2D eigenvalue weighted by Gasteiger charge is 2.28. The summed E-state index contributed by atoms with van der Waals surface area (Å²) in [7, 11) is 0. The third-order valence-electron chi connectivity index (χ3n) is 4.12. The number of nitrogens with one attached hydrogen (secondary N) is 1. The number of hydrogen-bond acceptors (Lipinski definition) is 3. The third kappa shape index (κ3) is 3.92. The van der Waals surface area contributed by atoms with Crippen molar-refractivity contribution in [1.29, 1.82) is 0 Å². The number of aromatic nitrogens is 1. The molecule has 2 aromatic rings. The number of benzene rings is 1. The van der Waals surface area contributed by atoms with Crippen molar-refractivity contribution < 1.29 is 9.59 Å². The fraction of sp³-hybridized carbons (Fsp3) is 0.278. The van der Waals surface area contributed by atoms with Crippen LogP contribution in [-0.2, 0) is 4.79 Å². The predicted molar refractivity (Wildman–Crippen MR) is 92.9 cm³/mol. The van der Waals surface area contributed by atoms with Crippen molar-refractivity contribution in [2.24, 2.45) is 5.92 Å². The number of nitrogens with zero attached hydrogens (tertiary/aromatic N) is 2. The van der Waals surface area contributed by atoms with Crippen molar-refractivity contribution in [2.75, 3.05) is 18.4 Å². The van der Waals surface area contributed by atoms with Crippen LogP contribution in [0, 0.1) is 5.92 Å². The second-order valence-corrected chi connectivity index (χ2v) is 6.26. The Labute approximate surface area is 145 Å². The molecule has 0 spiro atoms. The SMILES string of the molecule is O=C(Nc1ccncc1)C1CCCN(C(=O)c2ccc(Cl)cc2)C1. The van der Waals surface area contributed by atoms with Crippen LogP contribution in [0.25, 0.3) is 0 Å². The number of pyridine rings is 1. The topological polar surface area (TPSA) is 62.3 Å². The first-order chi connectivity index (χ1) is 11.6. The van der Waals surface area contributed by atoms with E-state index in [-0.39, 0.29) is 17.7 Å². The van der Waals surface area contributed by atoms with Crippen molar-refractivity contribution >= 4 is 29.1 Å². The Morgan fingerprint density at radius 1 is 1.12 bits per heavy atom. The highest BCUT2D eigenvalue weighted by molar-refractivity contribution is 6.30. The quantitative estimate of drug-likeness (QED) is 0.930. The highest BCUT2D eigenvalue weighted by Crippen LogP contribution is 2.21. The number of carbonyl (C=O) groups is 2. The minimum atomic E-state index is -0.205. The zero-order valence-electron chi connectivity index (χ0n) is 13.1. The summed E-state index contributed by atoms with van der Waals surface area (Å²) in [5.41, 5.74) is 1.31. The Morgan fingerprint density at radius 2 is 1.83 bits per heavy atom. The van der Waals surface area contributed by atoms with Crippen LogP contribution in [0.2, 0.25) is 5.02 Å². The summed E-state index contributed by atoms with van der Waals surface area (Å²) in [6.45, 7) is 1.10. The molecule has 6 heteroatoms. The smallest absolute Gasteiger partial charge is 0.253 e. The van der Waals surface area contributed by atoms with Crippen LogP contribution < -0.4 is 5.32 Å². The fourth-order valence-corrected chi connectivity index (χ4v) is 2.96. The molecule has 0 saturated carbocycles. The van der Waals surface area contributed by atoms with Crippen LogP contribution in [0.15, 0.2) is 48.8 Å². The number of rotatable bonds is 3. The minimum absolute atomic E-state index is 0.0604. The van der Waals surface area contributed by atoms with Gasteiger partial charge < -0.3 is 10.2 Å². The van der Waals surface area contributed by atoms with Crippen LogP contribution >= 0.6 is 11.6 Å². The van der Waals surface area contributed by atoms with Gasteiger partial charge in [-0.25, -0.2) is 0 Å². The Kier molecular flexibility index (Phi) is 5.11. The molecule has 5 nitrogen and oxygen atoms in total. The van der Waals surface area contributed by atoms with E-state index in [0.29, 0.717) is 23.7 Å². The maximum atomic E-state index is 12.6. The molecule has 1 fully saturated rings. The summed E-state index contributed by atoms with van der Waals surface area (Å²) in [6.07, 6.45) is 4.86. The molecule has 0 bridgehead atoms. The van der Waals surface area contributed by atoms with Crippen molar-refractivity contribution in [3.8, 4) is 0 Å². The number of likely N-dealkylation sites (tertiary alicyclic amines) is 1. The lowest BCUT2D eigenvalue weighted by Crippen LogP contribution is -2.43. The molecule has 0 aliphatic carbocycles. The molecule has 2 heterocycles. The van der Waals surface area contributed by atoms with Gasteiger partial charge in [-0.15, -0.1) is 0 Å². The van der Waals surface area contributed by atoms with Gasteiger partial charge in [-0.1, -0.05) is 11.6 Å². The molecule has 24 heavy (non-hydrogen) atoms. The van der Waals surface area contributed by atoms with E-state index in [2.05, 4.69) is 10.3 Å². The van der Waals surface area contributed by atoms with E-state index >= 15 is 0 Å². The number of carbonyl (C=O) groups excluding carboxylic acids is 2. The van der Waals surface area contributed by atoms with Gasteiger partial charge in [0.25, 0.3) is 5.91 Å². The zero-order valence-corrected chi connectivity index (χ0v) is 13.9. The molecule has 1 saturated heterocycles. The van der Waals surface area contributed by atoms with Gasteiger partial charge in [0.05, 0.1) is 5.92 Å². The molecular formula is C18H18ClN3O2. The molecule has 1 unspecified atom stereocenters. The first kappa shape index (κ1) is 16.5. The fourth-order valence-electron chi connectivity index (χ4n) is 2.83. The average molecular weight is 344 g/mol. The Hall–Kier alpha value is -2.40. The molecule has 3 rings (SSSR count). The van der Waals surface area contributed by atoms with Crippen LogP contribution in [0.3, 0.4) is 0 Å². The van der Waals surface area contributed by atoms with E-state index in [0.717, 1.165) is 18.5 Å². The number of anilines is 1. The van der Waals surface area contributed by atoms with E-state index < -0.39 is 0 Å². The number of piperidine rings is 1. The molecule has 1 N–H and O–H groups in total. The summed E-state index contributed by atoms with van der Waals surface area (Å²) in [5, 5.41) is 3.48. The molecule has 1 atom stereocenters. The lowest BCUT2D eigenvalue weighted by molar-refractivity contribution is -0.121. The Morgan fingerprint density at radius 3 is 2.54 bits per heavy atom. The molecule has 1 aliphatic rings. The van der Waals surface area contributed by atoms with E-state index in [1.54, 1.807) is 53.7 Å². The molecule has 124 valence electrons. The van der Waals surface area contributed by atoms with E-state index in [4.69, 9.17) is 11.6 Å². The first-order valence-electron chi connectivity index (χ1n) is 7.89. The molecule has 2 amide bonds. The largest absolute Gasteiger partial charge is 0.338 e. The predicted octanol–water partition coefficient (Wildman–Crippen LogP) is 3.23. The molecule has 1 aromatic heterocycles. The number of halogens is 1. The highest BCUT2D eigenvalue weighted by atomic mass is 35.5. The summed E-state index contributed by atoms with van der Waals surface area (Å²) in [6, 6.07) is 10.3. The maximum absolute atomic E-state index is 12.6. The van der Waals surface area contributed by atoms with E-state index in [1.807, 2.05) is 0 Å². The standard InChI is InChI=1S/C18H18ClN3O2/c19-15-5-3-13(4-6-15)18(24)22-11-1-2-14(12-22)17(23)21-16-7-9-20-10-8-16/h3-10,14H,1-2,11-12H2,(H,20,21,23). The van der Waals surface area contributed by atoms with Crippen LogP contribution in [0.1, 0.15) is 23.2 Å². The van der Waals surface area contributed by atoms with Crippen molar-refractivity contribution in [3.05, 3.63) is 59.4 Å². The number of hydrogen-bond donors (Lipinski definition) is 1. The van der Waals surface area contributed by atoms with E-state index in [9.17, 15) is 9.59 Å². The normalized spacial score (nSPS) is 17.4. The van der Waals surface area contributed by atoms with Gasteiger partial charge in [0.2, 0.25) is 5.91 Å². The van der Waals surface area contributed by atoms with Gasteiger partial charge in [0, 0.05) is 41.8 Å². The summed E-state index contributed by atoms with van der Waals surface area (Å²) < 4.78 is 0. The monoisotopic (exact) mass is 343 g/mol. The van der Waals surface area contributed by atoms with Crippen molar-refractivity contribution in [2.45, 2.75) is 12.8 Å². The molecule has 1 aliphatic heterocycles. The molecular weight excluding hydrogens is 326 g/mol. The van der Waals surface area contributed by atoms with Gasteiger partial charge in [0.15, 0.2) is 0 Å². The number of amides is 2. The maximum Gasteiger partial charge on any atom is 0.253 e.